The molecular formula is C17H26N2O. The second kappa shape index (κ2) is 5.74. The molecule has 3 rings (SSSR count). The molecule has 2 heterocycles. The zero-order valence-corrected chi connectivity index (χ0v) is 12.7. The molecule has 2 aliphatic heterocycles. The molecule has 0 saturated carbocycles. The van der Waals surface area contributed by atoms with E-state index in [0.717, 1.165) is 25.3 Å². The Balaban J connectivity index is 1.52. The van der Waals surface area contributed by atoms with Crippen LogP contribution < -0.4 is 10.1 Å². The van der Waals surface area contributed by atoms with Gasteiger partial charge in [0.15, 0.2) is 0 Å². The molecule has 1 aromatic rings. The summed E-state index contributed by atoms with van der Waals surface area (Å²) in [6.45, 7) is 10.0. The van der Waals surface area contributed by atoms with Crippen molar-refractivity contribution in [1.82, 2.24) is 10.2 Å². The minimum atomic E-state index is -0.0476. The number of nitrogens with one attached hydrogen (secondary N) is 1. The van der Waals surface area contributed by atoms with Crippen molar-refractivity contribution in [3.8, 4) is 5.75 Å². The standard InChI is InChI=1S/C17H26N2O/c1-17(2)12-14-6-5-7-15(16(14)20-17)13-18-8-11-19-9-3-4-10-19/h5-7,18H,3-4,8-13H2,1-2H3. The van der Waals surface area contributed by atoms with Crippen LogP contribution in [-0.2, 0) is 13.0 Å². The fraction of sp³-hybridized carbons (Fsp3) is 0.647. The van der Waals surface area contributed by atoms with Crippen LogP contribution in [0.2, 0.25) is 0 Å². The summed E-state index contributed by atoms with van der Waals surface area (Å²) < 4.78 is 6.11. The van der Waals surface area contributed by atoms with Crippen LogP contribution in [0.25, 0.3) is 0 Å². The van der Waals surface area contributed by atoms with Crippen LogP contribution in [0, 0.1) is 0 Å². The molecule has 3 nitrogen and oxygen atoms in total. The lowest BCUT2D eigenvalue weighted by Gasteiger charge is -2.19. The number of nitrogens with zero attached hydrogens (tertiary/aromatic N) is 1. The van der Waals surface area contributed by atoms with Crippen LogP contribution in [0.5, 0.6) is 5.75 Å². The molecule has 0 bridgehead atoms. The van der Waals surface area contributed by atoms with Gasteiger partial charge in [0.25, 0.3) is 0 Å². The molecule has 0 unspecified atom stereocenters. The highest BCUT2D eigenvalue weighted by atomic mass is 16.5. The Hall–Kier alpha value is -1.06. The van der Waals surface area contributed by atoms with Crippen molar-refractivity contribution in [3.05, 3.63) is 29.3 Å². The van der Waals surface area contributed by atoms with Crippen molar-refractivity contribution in [1.29, 1.82) is 0 Å². The monoisotopic (exact) mass is 274 g/mol. The van der Waals surface area contributed by atoms with Crippen LogP contribution in [0.4, 0.5) is 0 Å². The molecule has 0 spiro atoms. The van der Waals surface area contributed by atoms with Gasteiger partial charge in [-0.15, -0.1) is 0 Å². The third-order valence-corrected chi connectivity index (χ3v) is 4.29. The van der Waals surface area contributed by atoms with E-state index >= 15 is 0 Å². The maximum atomic E-state index is 6.11. The number of para-hydroxylation sites is 1. The summed E-state index contributed by atoms with van der Waals surface area (Å²) in [4.78, 5) is 2.54. The van der Waals surface area contributed by atoms with Crippen LogP contribution in [-0.4, -0.2) is 36.7 Å². The van der Waals surface area contributed by atoms with Crippen molar-refractivity contribution >= 4 is 0 Å². The predicted molar refractivity (Wildman–Crippen MR) is 82.2 cm³/mol. The number of hydrogen-bond donors (Lipinski definition) is 1. The molecule has 1 aromatic carbocycles. The minimum Gasteiger partial charge on any atom is -0.487 e. The summed E-state index contributed by atoms with van der Waals surface area (Å²) in [5.41, 5.74) is 2.61. The lowest BCUT2D eigenvalue weighted by Crippen LogP contribution is -2.30. The number of likely N-dealkylation sites (tertiary alicyclic amines) is 1. The SMILES string of the molecule is CC1(C)Cc2cccc(CNCCN3CCCC3)c2O1. The average Bonchev–Trinajstić information content (AvgIpc) is 3.00. The number of fused-ring (bicyclic) bond motifs is 1. The topological polar surface area (TPSA) is 24.5 Å². The molecule has 1 saturated heterocycles. The smallest absolute Gasteiger partial charge is 0.127 e. The van der Waals surface area contributed by atoms with E-state index in [0.29, 0.717) is 0 Å². The molecule has 1 fully saturated rings. The normalized spacial score (nSPS) is 20.9. The highest BCUT2D eigenvalue weighted by molar-refractivity contribution is 5.45. The first kappa shape index (κ1) is 13.9. The van der Waals surface area contributed by atoms with E-state index in [1.165, 1.54) is 43.6 Å². The fourth-order valence-electron chi connectivity index (χ4n) is 3.29. The Labute approximate surface area is 122 Å². The summed E-state index contributed by atoms with van der Waals surface area (Å²) in [6.07, 6.45) is 3.76. The number of benzene rings is 1. The molecule has 0 atom stereocenters. The summed E-state index contributed by atoms with van der Waals surface area (Å²) in [5.74, 6) is 1.12. The van der Waals surface area contributed by atoms with Crippen LogP contribution in [0.15, 0.2) is 18.2 Å². The predicted octanol–water partition coefficient (Wildman–Crippen LogP) is 2.59. The lowest BCUT2D eigenvalue weighted by molar-refractivity contribution is 0.137. The van der Waals surface area contributed by atoms with Gasteiger partial charge in [0, 0.05) is 31.6 Å². The van der Waals surface area contributed by atoms with Gasteiger partial charge >= 0.3 is 0 Å². The first-order valence-electron chi connectivity index (χ1n) is 7.87. The second-order valence-corrected chi connectivity index (χ2v) is 6.67. The molecule has 0 aromatic heterocycles. The van der Waals surface area contributed by atoms with Crippen molar-refractivity contribution in [2.24, 2.45) is 0 Å². The molecule has 3 heteroatoms. The van der Waals surface area contributed by atoms with Gasteiger partial charge in [0.1, 0.15) is 11.4 Å². The minimum absolute atomic E-state index is 0.0476. The molecule has 0 amide bonds. The van der Waals surface area contributed by atoms with Gasteiger partial charge in [0.05, 0.1) is 0 Å². The van der Waals surface area contributed by atoms with Crippen LogP contribution in [0.3, 0.4) is 0 Å². The first-order valence-corrected chi connectivity index (χ1v) is 7.87. The Morgan fingerprint density at radius 2 is 2.05 bits per heavy atom. The summed E-state index contributed by atoms with van der Waals surface area (Å²) in [5, 5.41) is 3.56. The highest BCUT2D eigenvalue weighted by Crippen LogP contribution is 2.37. The molecule has 110 valence electrons. The number of rotatable bonds is 5. The maximum Gasteiger partial charge on any atom is 0.127 e. The Morgan fingerprint density at radius 1 is 1.25 bits per heavy atom. The van der Waals surface area contributed by atoms with Gasteiger partial charge in [-0.2, -0.15) is 0 Å². The lowest BCUT2D eigenvalue weighted by atomic mass is 10.0. The largest absolute Gasteiger partial charge is 0.487 e. The van der Waals surface area contributed by atoms with Crippen molar-refractivity contribution in [2.45, 2.75) is 45.3 Å². The van der Waals surface area contributed by atoms with Crippen molar-refractivity contribution < 1.29 is 4.74 Å². The third kappa shape index (κ3) is 3.15. The van der Waals surface area contributed by atoms with Gasteiger partial charge < -0.3 is 15.0 Å². The van der Waals surface area contributed by atoms with Gasteiger partial charge in [-0.1, -0.05) is 18.2 Å². The molecule has 1 N–H and O–H groups in total. The highest BCUT2D eigenvalue weighted by Gasteiger charge is 2.31. The fourth-order valence-corrected chi connectivity index (χ4v) is 3.29. The molecular weight excluding hydrogens is 248 g/mol. The van der Waals surface area contributed by atoms with E-state index in [4.69, 9.17) is 4.74 Å². The summed E-state index contributed by atoms with van der Waals surface area (Å²) in [7, 11) is 0. The van der Waals surface area contributed by atoms with Gasteiger partial charge in [0.2, 0.25) is 0 Å². The van der Waals surface area contributed by atoms with Crippen LogP contribution in [0.1, 0.15) is 37.8 Å². The van der Waals surface area contributed by atoms with E-state index in [1.54, 1.807) is 0 Å². The molecule has 0 radical (unpaired) electrons. The first-order chi connectivity index (χ1) is 9.64. The molecule has 0 aliphatic carbocycles. The molecule has 20 heavy (non-hydrogen) atoms. The van der Waals surface area contributed by atoms with Crippen molar-refractivity contribution in [2.75, 3.05) is 26.2 Å². The third-order valence-electron chi connectivity index (χ3n) is 4.29. The van der Waals surface area contributed by atoms with Gasteiger partial charge in [-0.3, -0.25) is 0 Å². The van der Waals surface area contributed by atoms with E-state index in [1.807, 2.05) is 0 Å². The number of hydrogen-bond acceptors (Lipinski definition) is 3. The van der Waals surface area contributed by atoms with Crippen LogP contribution >= 0.6 is 0 Å². The Bertz CT molecular complexity index is 464. The maximum absolute atomic E-state index is 6.11. The van der Waals surface area contributed by atoms with E-state index in [2.05, 4.69) is 42.3 Å². The van der Waals surface area contributed by atoms with Gasteiger partial charge in [-0.05, 0) is 45.3 Å². The average molecular weight is 274 g/mol. The second-order valence-electron chi connectivity index (χ2n) is 6.67. The Kier molecular flexibility index (Phi) is 3.99. The van der Waals surface area contributed by atoms with Gasteiger partial charge in [-0.25, -0.2) is 0 Å². The van der Waals surface area contributed by atoms with E-state index < -0.39 is 0 Å². The molecule has 2 aliphatic rings. The zero-order valence-electron chi connectivity index (χ0n) is 12.7. The summed E-state index contributed by atoms with van der Waals surface area (Å²) in [6, 6.07) is 6.53. The van der Waals surface area contributed by atoms with E-state index in [9.17, 15) is 0 Å². The zero-order chi connectivity index (χ0) is 14.0. The van der Waals surface area contributed by atoms with E-state index in [-0.39, 0.29) is 5.60 Å². The number of ether oxygens (including phenoxy) is 1. The Morgan fingerprint density at radius 3 is 2.85 bits per heavy atom. The summed E-state index contributed by atoms with van der Waals surface area (Å²) >= 11 is 0. The van der Waals surface area contributed by atoms with Crippen molar-refractivity contribution in [3.63, 3.8) is 0 Å². The quantitative estimate of drug-likeness (QED) is 0.835.